The molecule has 0 saturated carbocycles. The minimum atomic E-state index is -0.715. The van der Waals surface area contributed by atoms with Crippen molar-refractivity contribution in [2.75, 3.05) is 4.90 Å². The molecule has 108 valence electrons. The Bertz CT molecular complexity index is 759. The summed E-state index contributed by atoms with van der Waals surface area (Å²) < 4.78 is 15.4. The van der Waals surface area contributed by atoms with Crippen molar-refractivity contribution in [3.05, 3.63) is 40.1 Å². The van der Waals surface area contributed by atoms with Gasteiger partial charge in [0.1, 0.15) is 18.0 Å². The number of Topliss-reactive ketones (excluding diaryl/α,β-unsaturated/α-hetero) is 1. The zero-order chi connectivity index (χ0) is 15.1. The van der Waals surface area contributed by atoms with Crippen molar-refractivity contribution in [1.82, 2.24) is 14.8 Å². The van der Waals surface area contributed by atoms with Gasteiger partial charge in [0, 0.05) is 11.0 Å². The highest BCUT2D eigenvalue weighted by molar-refractivity contribution is 9.10. The van der Waals surface area contributed by atoms with Crippen LogP contribution in [0.15, 0.2) is 22.9 Å². The molecule has 2 heterocycles. The third-order valence-electron chi connectivity index (χ3n) is 3.28. The van der Waals surface area contributed by atoms with Crippen molar-refractivity contribution >= 4 is 33.3 Å². The van der Waals surface area contributed by atoms with Crippen LogP contribution in [0.3, 0.4) is 0 Å². The number of benzene rings is 1. The number of fused-ring (bicyclic) bond motifs is 1. The van der Waals surface area contributed by atoms with E-state index in [2.05, 4.69) is 26.0 Å². The summed E-state index contributed by atoms with van der Waals surface area (Å²) in [5.74, 6) is -1.42. The first-order valence-electron chi connectivity index (χ1n) is 6.24. The molecule has 1 aromatic carbocycles. The van der Waals surface area contributed by atoms with Crippen LogP contribution in [-0.2, 0) is 17.9 Å². The molecule has 0 N–H and O–H groups in total. The fourth-order valence-electron chi connectivity index (χ4n) is 2.32. The molecule has 8 heteroatoms. The molecule has 1 aliphatic rings. The first-order valence-corrected chi connectivity index (χ1v) is 7.04. The number of halogens is 2. The maximum absolute atomic E-state index is 13.4. The maximum Gasteiger partial charge on any atom is 0.299 e. The highest BCUT2D eigenvalue weighted by Gasteiger charge is 2.38. The number of rotatable bonds is 3. The lowest BCUT2D eigenvalue weighted by molar-refractivity contribution is -0.114. The minimum absolute atomic E-state index is 0.0643. The Morgan fingerprint density at radius 1 is 1.33 bits per heavy atom. The predicted octanol–water partition coefficient (Wildman–Crippen LogP) is 1.93. The summed E-state index contributed by atoms with van der Waals surface area (Å²) in [4.78, 5) is 29.5. The van der Waals surface area contributed by atoms with Gasteiger partial charge in [0.25, 0.3) is 11.7 Å². The Morgan fingerprint density at radius 3 is 2.81 bits per heavy atom. The van der Waals surface area contributed by atoms with Crippen LogP contribution in [0.2, 0.25) is 0 Å². The molecule has 0 atom stereocenters. The van der Waals surface area contributed by atoms with E-state index in [-0.39, 0.29) is 12.1 Å². The van der Waals surface area contributed by atoms with E-state index < -0.39 is 17.5 Å². The third-order valence-corrected chi connectivity index (χ3v) is 3.88. The zero-order valence-electron chi connectivity index (χ0n) is 11.0. The number of carbonyl (C=O) groups excluding carboxylic acids is 2. The van der Waals surface area contributed by atoms with Crippen molar-refractivity contribution in [3.63, 3.8) is 0 Å². The van der Waals surface area contributed by atoms with Crippen LogP contribution < -0.4 is 4.90 Å². The largest absolute Gasteiger partial charge is 0.299 e. The van der Waals surface area contributed by atoms with E-state index in [4.69, 9.17) is 0 Å². The van der Waals surface area contributed by atoms with Gasteiger partial charge in [-0.3, -0.25) is 14.5 Å². The van der Waals surface area contributed by atoms with Crippen molar-refractivity contribution in [2.45, 2.75) is 20.0 Å². The third kappa shape index (κ3) is 2.15. The molecular formula is C13H10BrFN4O2. The number of anilines is 1. The molecule has 3 rings (SSSR count). The van der Waals surface area contributed by atoms with Crippen LogP contribution in [0.1, 0.15) is 23.1 Å². The van der Waals surface area contributed by atoms with Gasteiger partial charge >= 0.3 is 0 Å². The van der Waals surface area contributed by atoms with Crippen molar-refractivity contribution in [1.29, 1.82) is 0 Å². The Balaban J connectivity index is 2.06. The smallest absolute Gasteiger partial charge is 0.296 e. The summed E-state index contributed by atoms with van der Waals surface area (Å²) >= 11 is 3.20. The molecule has 0 saturated heterocycles. The van der Waals surface area contributed by atoms with E-state index in [1.54, 1.807) is 4.68 Å². The molecule has 6 nitrogen and oxygen atoms in total. The predicted molar refractivity (Wildman–Crippen MR) is 75.3 cm³/mol. The van der Waals surface area contributed by atoms with Crippen molar-refractivity contribution in [3.8, 4) is 0 Å². The van der Waals surface area contributed by atoms with Crippen LogP contribution in [-0.4, -0.2) is 26.5 Å². The molecule has 0 bridgehead atoms. The van der Waals surface area contributed by atoms with Gasteiger partial charge in [-0.25, -0.2) is 14.1 Å². The first kappa shape index (κ1) is 13.9. The summed E-state index contributed by atoms with van der Waals surface area (Å²) in [6.07, 6.45) is 1.39. The van der Waals surface area contributed by atoms with E-state index >= 15 is 0 Å². The lowest BCUT2D eigenvalue weighted by Gasteiger charge is -2.17. The minimum Gasteiger partial charge on any atom is -0.296 e. The second-order valence-electron chi connectivity index (χ2n) is 4.50. The van der Waals surface area contributed by atoms with E-state index in [1.165, 1.54) is 17.3 Å². The molecule has 21 heavy (non-hydrogen) atoms. The molecule has 0 spiro atoms. The zero-order valence-corrected chi connectivity index (χ0v) is 12.6. The molecule has 0 unspecified atom stereocenters. The van der Waals surface area contributed by atoms with Crippen LogP contribution in [0.25, 0.3) is 0 Å². The number of hydrogen-bond donors (Lipinski definition) is 0. The average molecular weight is 353 g/mol. The molecule has 1 aliphatic heterocycles. The first-order chi connectivity index (χ1) is 10.0. The van der Waals surface area contributed by atoms with Gasteiger partial charge in [-0.1, -0.05) is 0 Å². The van der Waals surface area contributed by atoms with Gasteiger partial charge in [-0.05, 0) is 35.0 Å². The monoisotopic (exact) mass is 352 g/mol. The van der Waals surface area contributed by atoms with Gasteiger partial charge in [-0.2, -0.15) is 5.10 Å². The summed E-state index contributed by atoms with van der Waals surface area (Å²) in [6, 6.07) is 2.30. The van der Waals surface area contributed by atoms with Crippen molar-refractivity contribution in [2.24, 2.45) is 0 Å². The molecule has 1 amide bonds. The standard InChI is InChI=1S/C13H10BrFN4O2/c1-2-19-10(16-6-17-19)5-18-11-8(12(20)13(18)21)3-7(15)4-9(11)14/h3-4,6H,2,5H2,1H3. The average Bonchev–Trinajstić information content (AvgIpc) is 2.98. The van der Waals surface area contributed by atoms with Gasteiger partial charge in [0.15, 0.2) is 0 Å². The molecular weight excluding hydrogens is 343 g/mol. The second kappa shape index (κ2) is 5.03. The van der Waals surface area contributed by atoms with Crippen LogP contribution >= 0.6 is 15.9 Å². The number of amides is 1. The van der Waals surface area contributed by atoms with Crippen LogP contribution in [0.5, 0.6) is 0 Å². The maximum atomic E-state index is 13.4. The second-order valence-corrected chi connectivity index (χ2v) is 5.35. The molecule has 0 radical (unpaired) electrons. The SMILES string of the molecule is CCn1ncnc1CN1C(=O)C(=O)c2cc(F)cc(Br)c21. The van der Waals surface area contributed by atoms with Crippen LogP contribution in [0.4, 0.5) is 10.1 Å². The quantitative estimate of drug-likeness (QED) is 0.791. The number of ketones is 1. The Kier molecular flexibility index (Phi) is 3.32. The number of hydrogen-bond acceptors (Lipinski definition) is 4. The Hall–Kier alpha value is -2.09. The summed E-state index contributed by atoms with van der Waals surface area (Å²) in [5.41, 5.74) is 0.437. The molecule has 1 aromatic heterocycles. The van der Waals surface area contributed by atoms with Gasteiger partial charge in [0.2, 0.25) is 0 Å². The van der Waals surface area contributed by atoms with Gasteiger partial charge < -0.3 is 0 Å². The topological polar surface area (TPSA) is 68.1 Å². The Labute approximate surface area is 127 Å². The number of nitrogens with zero attached hydrogens (tertiary/aromatic N) is 4. The van der Waals surface area contributed by atoms with E-state index in [0.29, 0.717) is 22.5 Å². The normalized spacial score (nSPS) is 14.0. The molecule has 2 aromatic rings. The van der Waals surface area contributed by atoms with E-state index in [9.17, 15) is 14.0 Å². The lowest BCUT2D eigenvalue weighted by Crippen LogP contribution is -2.30. The fraction of sp³-hybridized carbons (Fsp3) is 0.231. The summed E-state index contributed by atoms with van der Waals surface area (Å²) in [6.45, 7) is 2.60. The lowest BCUT2D eigenvalue weighted by atomic mass is 10.1. The van der Waals surface area contributed by atoms with Gasteiger partial charge in [-0.15, -0.1) is 0 Å². The summed E-state index contributed by atoms with van der Waals surface area (Å²) in [7, 11) is 0. The number of carbonyl (C=O) groups is 2. The van der Waals surface area contributed by atoms with E-state index in [1.807, 2.05) is 6.92 Å². The fourth-order valence-corrected chi connectivity index (χ4v) is 2.97. The highest BCUT2D eigenvalue weighted by Crippen LogP contribution is 2.37. The van der Waals surface area contributed by atoms with E-state index in [0.717, 1.165) is 6.07 Å². The van der Waals surface area contributed by atoms with Gasteiger partial charge in [0.05, 0.1) is 17.8 Å². The summed E-state index contributed by atoms with van der Waals surface area (Å²) in [5, 5.41) is 4.02. The molecule has 0 fully saturated rings. The number of aromatic nitrogens is 3. The van der Waals surface area contributed by atoms with Crippen LogP contribution in [0, 0.1) is 5.82 Å². The highest BCUT2D eigenvalue weighted by atomic mass is 79.9. The van der Waals surface area contributed by atoms with Crippen molar-refractivity contribution < 1.29 is 14.0 Å². The molecule has 0 aliphatic carbocycles. The number of aryl methyl sites for hydroxylation is 1. The Morgan fingerprint density at radius 2 is 2.10 bits per heavy atom.